The Morgan fingerprint density at radius 1 is 1.12 bits per heavy atom. The number of ether oxygens (including phenoxy) is 1. The SMILES string of the molecule is CCOC(=O)C(C#N)C1=CC(=NCCC[Si](C)(O[Si](C)(C)C)O[Si](C)(C)C)CC(C)(C)C1. The van der Waals surface area contributed by atoms with Crippen LogP contribution in [0.3, 0.4) is 0 Å². The lowest BCUT2D eigenvalue weighted by Gasteiger charge is -2.38. The largest absolute Gasteiger partial charge is 0.465 e. The fraction of sp³-hybridized carbons (Fsp3) is 0.783. The van der Waals surface area contributed by atoms with Gasteiger partial charge in [-0.2, -0.15) is 5.26 Å². The average molecular weight is 497 g/mol. The van der Waals surface area contributed by atoms with Gasteiger partial charge in [-0.05, 0) is 95.1 Å². The van der Waals surface area contributed by atoms with Crippen molar-refractivity contribution in [1.82, 2.24) is 0 Å². The molecule has 182 valence electrons. The molecular formula is C23H44N2O4Si3. The molecule has 6 nitrogen and oxygen atoms in total. The maximum Gasteiger partial charge on any atom is 0.327 e. The van der Waals surface area contributed by atoms with Gasteiger partial charge in [-0.25, -0.2) is 0 Å². The molecule has 0 fully saturated rings. The third kappa shape index (κ3) is 10.7. The predicted molar refractivity (Wildman–Crippen MR) is 139 cm³/mol. The van der Waals surface area contributed by atoms with Crippen molar-refractivity contribution in [2.45, 2.75) is 91.9 Å². The van der Waals surface area contributed by atoms with Crippen molar-refractivity contribution in [3.05, 3.63) is 11.6 Å². The first-order valence-corrected chi connectivity index (χ1v) is 21.0. The smallest absolute Gasteiger partial charge is 0.327 e. The molecule has 9 heteroatoms. The molecule has 0 spiro atoms. The zero-order valence-corrected chi connectivity index (χ0v) is 24.9. The summed E-state index contributed by atoms with van der Waals surface area (Å²) < 4.78 is 18.3. The van der Waals surface area contributed by atoms with Crippen LogP contribution in [-0.4, -0.2) is 50.0 Å². The molecule has 1 rings (SSSR count). The summed E-state index contributed by atoms with van der Waals surface area (Å²) >= 11 is 0. The lowest BCUT2D eigenvalue weighted by Crippen LogP contribution is -2.52. The van der Waals surface area contributed by atoms with Gasteiger partial charge in [0, 0.05) is 12.3 Å². The molecule has 0 radical (unpaired) electrons. The Morgan fingerprint density at radius 3 is 2.16 bits per heavy atom. The van der Waals surface area contributed by atoms with Crippen LogP contribution in [0.15, 0.2) is 16.6 Å². The quantitative estimate of drug-likeness (QED) is 0.198. The van der Waals surface area contributed by atoms with E-state index in [1.807, 2.05) is 6.08 Å². The van der Waals surface area contributed by atoms with Crippen molar-refractivity contribution in [3.8, 4) is 6.07 Å². The standard InChI is InChI=1S/C23H44N2O4Si3/c1-11-27-22(26)21(18-24)19-15-20(17-23(2,3)16-19)25-13-12-14-32(10,28-30(4,5)6)29-31(7,8)9/h15,21H,11-14,16-17H2,1-10H3. The fourth-order valence-electron chi connectivity index (χ4n) is 4.26. The number of hydrogen-bond acceptors (Lipinski definition) is 6. The van der Waals surface area contributed by atoms with Crippen LogP contribution in [0.25, 0.3) is 0 Å². The zero-order chi connectivity index (χ0) is 24.8. The van der Waals surface area contributed by atoms with Crippen LogP contribution in [-0.2, 0) is 17.8 Å². The summed E-state index contributed by atoms with van der Waals surface area (Å²) in [4.78, 5) is 17.1. The van der Waals surface area contributed by atoms with Crippen molar-refractivity contribution in [2.24, 2.45) is 16.3 Å². The van der Waals surface area contributed by atoms with Gasteiger partial charge < -0.3 is 13.0 Å². The maximum atomic E-state index is 12.2. The Hall–Kier alpha value is -1.06. The summed E-state index contributed by atoms with van der Waals surface area (Å²) in [5.74, 6) is -1.32. The van der Waals surface area contributed by atoms with Crippen LogP contribution in [0.4, 0.5) is 0 Å². The van der Waals surface area contributed by atoms with E-state index in [1.165, 1.54) is 0 Å². The van der Waals surface area contributed by atoms with E-state index in [1.54, 1.807) is 6.92 Å². The van der Waals surface area contributed by atoms with Crippen molar-refractivity contribution in [3.63, 3.8) is 0 Å². The minimum absolute atomic E-state index is 0.0460. The van der Waals surface area contributed by atoms with Crippen molar-refractivity contribution in [1.29, 1.82) is 5.26 Å². The highest BCUT2D eigenvalue weighted by atomic mass is 28.5. The normalized spacial score (nSPS) is 19.3. The number of nitrogens with zero attached hydrogens (tertiary/aromatic N) is 2. The molecule has 0 aromatic rings. The van der Waals surface area contributed by atoms with Crippen molar-refractivity contribution >= 4 is 36.9 Å². The first-order valence-electron chi connectivity index (χ1n) is 11.7. The fourth-order valence-corrected chi connectivity index (χ4v) is 16.8. The highest BCUT2D eigenvalue weighted by Crippen LogP contribution is 2.37. The summed E-state index contributed by atoms with van der Waals surface area (Å²) in [6, 6.07) is 3.05. The number of rotatable bonds is 11. The molecule has 0 aromatic carbocycles. The number of esters is 1. The summed E-state index contributed by atoms with van der Waals surface area (Å²) in [5, 5.41) is 9.57. The van der Waals surface area contributed by atoms with Gasteiger partial charge in [0.25, 0.3) is 0 Å². The molecule has 0 N–H and O–H groups in total. The number of carbonyl (C=O) groups excluding carboxylic acids is 1. The predicted octanol–water partition coefficient (Wildman–Crippen LogP) is 6.04. The van der Waals surface area contributed by atoms with E-state index in [9.17, 15) is 10.1 Å². The Bertz CT molecular complexity index is 743. The van der Waals surface area contributed by atoms with E-state index >= 15 is 0 Å². The first-order chi connectivity index (χ1) is 14.5. The van der Waals surface area contributed by atoms with Crippen LogP contribution >= 0.6 is 0 Å². The van der Waals surface area contributed by atoms with E-state index in [0.29, 0.717) is 13.0 Å². The minimum atomic E-state index is -2.26. The molecule has 1 aliphatic carbocycles. The van der Waals surface area contributed by atoms with Crippen LogP contribution in [0, 0.1) is 22.7 Å². The lowest BCUT2D eigenvalue weighted by molar-refractivity contribution is -0.144. The van der Waals surface area contributed by atoms with Gasteiger partial charge >= 0.3 is 14.5 Å². The number of hydrogen-bond donors (Lipinski definition) is 0. The molecule has 0 saturated carbocycles. The minimum Gasteiger partial charge on any atom is -0.465 e. The maximum absolute atomic E-state index is 12.2. The van der Waals surface area contributed by atoms with E-state index in [4.69, 9.17) is 18.0 Å². The van der Waals surface area contributed by atoms with Crippen LogP contribution in [0.5, 0.6) is 0 Å². The van der Waals surface area contributed by atoms with E-state index in [0.717, 1.165) is 30.2 Å². The Kier molecular flexibility index (Phi) is 10.3. The Morgan fingerprint density at radius 2 is 1.69 bits per heavy atom. The topological polar surface area (TPSA) is 80.9 Å². The average Bonchev–Trinajstić information content (AvgIpc) is 2.55. The van der Waals surface area contributed by atoms with Crippen LogP contribution < -0.4 is 0 Å². The molecule has 0 amide bonds. The summed E-state index contributed by atoms with van der Waals surface area (Å²) in [6.45, 7) is 22.6. The highest BCUT2D eigenvalue weighted by Gasteiger charge is 2.40. The molecular weight excluding hydrogens is 453 g/mol. The lowest BCUT2D eigenvalue weighted by atomic mass is 9.73. The number of allylic oxidation sites excluding steroid dienone is 1. The van der Waals surface area contributed by atoms with E-state index < -0.39 is 37.1 Å². The van der Waals surface area contributed by atoms with Gasteiger partial charge in [-0.15, -0.1) is 0 Å². The zero-order valence-electron chi connectivity index (χ0n) is 21.9. The van der Waals surface area contributed by atoms with E-state index in [-0.39, 0.29) is 12.0 Å². The Labute approximate surface area is 198 Å². The highest BCUT2D eigenvalue weighted by molar-refractivity contribution is 6.87. The van der Waals surface area contributed by atoms with Gasteiger partial charge in [-0.3, -0.25) is 9.79 Å². The molecule has 0 saturated heterocycles. The molecule has 0 aromatic heterocycles. The third-order valence-electron chi connectivity index (χ3n) is 4.86. The molecule has 0 bridgehead atoms. The second-order valence-corrected chi connectivity index (χ2v) is 24.4. The summed E-state index contributed by atoms with van der Waals surface area (Å²) in [7, 11) is -5.68. The summed E-state index contributed by atoms with van der Waals surface area (Å²) in [5.41, 5.74) is 1.72. The third-order valence-corrected chi connectivity index (χ3v) is 14.5. The number of nitriles is 1. The Balaban J connectivity index is 2.95. The molecule has 1 unspecified atom stereocenters. The first kappa shape index (κ1) is 29.0. The molecule has 1 atom stereocenters. The van der Waals surface area contributed by atoms with Crippen molar-refractivity contribution in [2.75, 3.05) is 13.2 Å². The number of carbonyl (C=O) groups is 1. The van der Waals surface area contributed by atoms with Gasteiger partial charge in [0.05, 0.1) is 12.7 Å². The molecule has 1 aliphatic rings. The van der Waals surface area contributed by atoms with Crippen molar-refractivity contribution < 1.29 is 17.8 Å². The van der Waals surface area contributed by atoms with Gasteiger partial charge in [0.1, 0.15) is 0 Å². The summed E-state index contributed by atoms with van der Waals surface area (Å²) in [6.07, 6.45) is 4.39. The van der Waals surface area contributed by atoms with E-state index in [2.05, 4.69) is 65.7 Å². The van der Waals surface area contributed by atoms with Gasteiger partial charge in [0.15, 0.2) is 22.6 Å². The number of aliphatic imine (C=N–C) groups is 1. The van der Waals surface area contributed by atoms with Gasteiger partial charge in [-0.1, -0.05) is 13.8 Å². The second kappa shape index (κ2) is 11.4. The molecule has 0 aliphatic heterocycles. The molecule has 0 heterocycles. The van der Waals surface area contributed by atoms with Crippen LogP contribution in [0.1, 0.15) is 40.0 Å². The monoisotopic (exact) mass is 496 g/mol. The second-order valence-electron chi connectivity index (χ2n) is 11.6. The molecule has 32 heavy (non-hydrogen) atoms. The van der Waals surface area contributed by atoms with Crippen LogP contribution in [0.2, 0.25) is 51.9 Å². The van der Waals surface area contributed by atoms with Gasteiger partial charge in [0.2, 0.25) is 0 Å².